The lowest BCUT2D eigenvalue weighted by atomic mass is 9.91. The number of rotatable bonds is 0. The van der Waals surface area contributed by atoms with E-state index in [-0.39, 0.29) is 0 Å². The first-order valence-electron chi connectivity index (χ1n) is 5.28. The molecule has 70 valence electrons. The highest BCUT2D eigenvalue weighted by Gasteiger charge is 2.48. The van der Waals surface area contributed by atoms with Crippen molar-refractivity contribution < 1.29 is 0 Å². The Morgan fingerprint density at radius 3 is 2.08 bits per heavy atom. The van der Waals surface area contributed by atoms with Crippen molar-refractivity contribution in [3.63, 3.8) is 0 Å². The molecule has 1 unspecified atom stereocenters. The van der Waals surface area contributed by atoms with Gasteiger partial charge in [-0.25, -0.2) is 0 Å². The number of hydrogen-bond acceptors (Lipinski definition) is 1. The number of nitrogens with zero attached hydrogens (tertiary/aromatic N) is 1. The summed E-state index contributed by atoms with van der Waals surface area (Å²) in [6.07, 6.45) is 4.34. The number of hydrogen-bond donors (Lipinski definition) is 0. The van der Waals surface area contributed by atoms with E-state index in [4.69, 9.17) is 0 Å². The average molecular weight is 167 g/mol. The Kier molecular flexibility index (Phi) is 1.76. The Balaban J connectivity index is 2.19. The predicted octanol–water partition coefficient (Wildman–Crippen LogP) is 2.66. The minimum Gasteiger partial charge on any atom is -0.292 e. The highest BCUT2D eigenvalue weighted by Crippen LogP contribution is 2.45. The molecule has 0 N–H and O–H groups in total. The molecule has 2 saturated heterocycles. The fourth-order valence-electron chi connectivity index (χ4n) is 3.33. The van der Waals surface area contributed by atoms with E-state index in [0.717, 1.165) is 18.0 Å². The van der Waals surface area contributed by atoms with Gasteiger partial charge >= 0.3 is 0 Å². The molecule has 1 heteroatoms. The Morgan fingerprint density at radius 1 is 1.17 bits per heavy atom. The molecule has 3 atom stereocenters. The van der Waals surface area contributed by atoms with Crippen LogP contribution in [0.1, 0.15) is 47.0 Å². The van der Waals surface area contributed by atoms with Crippen LogP contribution in [0.15, 0.2) is 0 Å². The molecule has 0 spiro atoms. The maximum Gasteiger partial charge on any atom is 0.0131 e. The predicted molar refractivity (Wildman–Crippen MR) is 52.2 cm³/mol. The van der Waals surface area contributed by atoms with E-state index in [1.807, 2.05) is 0 Å². The van der Waals surface area contributed by atoms with Gasteiger partial charge in [-0.2, -0.15) is 0 Å². The summed E-state index contributed by atoms with van der Waals surface area (Å²) in [5.41, 5.74) is 0.399. The average Bonchev–Trinajstić information content (AvgIpc) is 2.39. The molecule has 0 aromatic rings. The van der Waals surface area contributed by atoms with Crippen LogP contribution in [0, 0.1) is 5.92 Å². The van der Waals surface area contributed by atoms with E-state index in [1.54, 1.807) is 0 Å². The summed E-state index contributed by atoms with van der Waals surface area (Å²) in [5, 5.41) is 0. The van der Waals surface area contributed by atoms with Crippen molar-refractivity contribution in [1.29, 1.82) is 0 Å². The van der Waals surface area contributed by atoms with E-state index in [9.17, 15) is 0 Å². The van der Waals surface area contributed by atoms with Gasteiger partial charge in [0, 0.05) is 17.6 Å². The lowest BCUT2D eigenvalue weighted by Gasteiger charge is -2.36. The molecule has 2 rings (SSSR count). The van der Waals surface area contributed by atoms with Gasteiger partial charge in [-0.15, -0.1) is 0 Å². The Bertz CT molecular complexity index is 180. The largest absolute Gasteiger partial charge is 0.292 e. The summed E-state index contributed by atoms with van der Waals surface area (Å²) in [4.78, 5) is 2.76. The first kappa shape index (κ1) is 8.55. The summed E-state index contributed by atoms with van der Waals surface area (Å²) >= 11 is 0. The van der Waals surface area contributed by atoms with Crippen LogP contribution in [0.4, 0.5) is 0 Å². The molecule has 2 bridgehead atoms. The fraction of sp³-hybridized carbons (Fsp3) is 1.00. The molecule has 0 aromatic heterocycles. The molecule has 2 aliphatic heterocycles. The van der Waals surface area contributed by atoms with Crippen LogP contribution in [-0.2, 0) is 0 Å². The van der Waals surface area contributed by atoms with E-state index in [2.05, 4.69) is 32.6 Å². The van der Waals surface area contributed by atoms with E-state index in [0.29, 0.717) is 5.54 Å². The van der Waals surface area contributed by atoms with Crippen molar-refractivity contribution >= 4 is 0 Å². The second-order valence-corrected chi connectivity index (χ2v) is 5.59. The smallest absolute Gasteiger partial charge is 0.0131 e. The van der Waals surface area contributed by atoms with E-state index in [1.165, 1.54) is 19.3 Å². The van der Waals surface area contributed by atoms with Crippen LogP contribution < -0.4 is 0 Å². The van der Waals surface area contributed by atoms with Gasteiger partial charge in [-0.1, -0.05) is 6.92 Å². The van der Waals surface area contributed by atoms with Gasteiger partial charge in [0.25, 0.3) is 0 Å². The minimum absolute atomic E-state index is 0.399. The second-order valence-electron chi connectivity index (χ2n) is 5.59. The topological polar surface area (TPSA) is 3.24 Å². The number of fused-ring (bicyclic) bond motifs is 2. The van der Waals surface area contributed by atoms with Crippen LogP contribution in [0.3, 0.4) is 0 Å². The van der Waals surface area contributed by atoms with Crippen molar-refractivity contribution in [2.24, 2.45) is 5.92 Å². The summed E-state index contributed by atoms with van der Waals surface area (Å²) in [7, 11) is 0. The zero-order valence-corrected chi connectivity index (χ0v) is 8.80. The first-order chi connectivity index (χ1) is 5.50. The van der Waals surface area contributed by atoms with Crippen LogP contribution in [0.2, 0.25) is 0 Å². The molecule has 2 aliphatic rings. The molecule has 1 nitrogen and oxygen atoms in total. The molecule has 0 aliphatic carbocycles. The summed E-state index contributed by atoms with van der Waals surface area (Å²) in [5.74, 6) is 0.947. The lowest BCUT2D eigenvalue weighted by molar-refractivity contribution is 0.110. The Morgan fingerprint density at radius 2 is 1.83 bits per heavy atom. The van der Waals surface area contributed by atoms with Crippen LogP contribution in [-0.4, -0.2) is 22.5 Å². The van der Waals surface area contributed by atoms with Crippen molar-refractivity contribution in [2.75, 3.05) is 0 Å². The molecule has 0 saturated carbocycles. The van der Waals surface area contributed by atoms with Gasteiger partial charge in [-0.3, -0.25) is 4.90 Å². The molecular weight excluding hydrogens is 146 g/mol. The van der Waals surface area contributed by atoms with E-state index < -0.39 is 0 Å². The normalized spacial score (nSPS) is 42.5. The fourth-order valence-corrected chi connectivity index (χ4v) is 3.33. The third-order valence-electron chi connectivity index (χ3n) is 3.62. The van der Waals surface area contributed by atoms with Crippen molar-refractivity contribution in [2.45, 2.75) is 64.6 Å². The molecule has 0 radical (unpaired) electrons. The van der Waals surface area contributed by atoms with Gasteiger partial charge in [0.2, 0.25) is 0 Å². The third-order valence-corrected chi connectivity index (χ3v) is 3.62. The molecule has 2 heterocycles. The van der Waals surface area contributed by atoms with Gasteiger partial charge in [-0.05, 0) is 46.0 Å². The molecule has 0 aromatic carbocycles. The van der Waals surface area contributed by atoms with Gasteiger partial charge < -0.3 is 0 Å². The molecule has 0 amide bonds. The quantitative estimate of drug-likeness (QED) is 0.536. The zero-order chi connectivity index (χ0) is 8.93. The van der Waals surface area contributed by atoms with Gasteiger partial charge in [0.15, 0.2) is 0 Å². The standard InChI is InChI=1S/C11H21N/c1-8-7-9-5-6-10(8)12(9)11(2,3)4/h8-10H,5-7H2,1-4H3/t8-,9?,10+/m1/s1. The summed E-state index contributed by atoms with van der Waals surface area (Å²) in [6, 6.07) is 1.81. The highest BCUT2D eigenvalue weighted by molar-refractivity contribution is 5.03. The molecule has 12 heavy (non-hydrogen) atoms. The van der Waals surface area contributed by atoms with Crippen molar-refractivity contribution in [3.8, 4) is 0 Å². The monoisotopic (exact) mass is 167 g/mol. The molecular formula is C11H21N. The SMILES string of the molecule is C[C@@H]1CC2CC[C@@H]1N2C(C)(C)C. The zero-order valence-electron chi connectivity index (χ0n) is 8.80. The van der Waals surface area contributed by atoms with Crippen molar-refractivity contribution in [1.82, 2.24) is 4.90 Å². The minimum atomic E-state index is 0.399. The lowest BCUT2D eigenvalue weighted by Crippen LogP contribution is -2.45. The second kappa shape index (κ2) is 2.47. The van der Waals surface area contributed by atoms with Crippen molar-refractivity contribution in [3.05, 3.63) is 0 Å². The highest BCUT2D eigenvalue weighted by atomic mass is 15.3. The van der Waals surface area contributed by atoms with Crippen LogP contribution in [0.5, 0.6) is 0 Å². The van der Waals surface area contributed by atoms with Crippen LogP contribution in [0.25, 0.3) is 0 Å². The van der Waals surface area contributed by atoms with Gasteiger partial charge in [0.1, 0.15) is 0 Å². The maximum atomic E-state index is 2.76. The summed E-state index contributed by atoms with van der Waals surface area (Å²) < 4.78 is 0. The van der Waals surface area contributed by atoms with Crippen LogP contribution >= 0.6 is 0 Å². The Labute approximate surface area is 76.1 Å². The summed E-state index contributed by atoms with van der Waals surface area (Å²) in [6.45, 7) is 9.49. The maximum absolute atomic E-state index is 2.76. The third kappa shape index (κ3) is 1.10. The first-order valence-corrected chi connectivity index (χ1v) is 5.28. The Hall–Kier alpha value is -0.0400. The van der Waals surface area contributed by atoms with E-state index >= 15 is 0 Å². The molecule has 2 fully saturated rings. The van der Waals surface area contributed by atoms with Gasteiger partial charge in [0.05, 0.1) is 0 Å².